The van der Waals surface area contributed by atoms with Crippen LogP contribution >= 0.6 is 0 Å². The molecule has 0 saturated carbocycles. The summed E-state index contributed by atoms with van der Waals surface area (Å²) in [5.41, 5.74) is 11.2. The molecule has 11 rings (SSSR count). The van der Waals surface area contributed by atoms with E-state index in [1.165, 1.54) is 10.8 Å². The lowest BCUT2D eigenvalue weighted by atomic mass is 10.0. The number of para-hydroxylation sites is 5. The molecule has 0 unspecified atom stereocenters. The van der Waals surface area contributed by atoms with Gasteiger partial charge >= 0.3 is 6.01 Å². The van der Waals surface area contributed by atoms with Crippen LogP contribution in [0.1, 0.15) is 0 Å². The van der Waals surface area contributed by atoms with Crippen molar-refractivity contribution in [1.29, 1.82) is 0 Å². The first kappa shape index (κ1) is 25.6. The van der Waals surface area contributed by atoms with Crippen molar-refractivity contribution in [2.75, 3.05) is 0 Å². The predicted molar refractivity (Wildman–Crippen MR) is 195 cm³/mol. The summed E-state index contributed by atoms with van der Waals surface area (Å²) in [7, 11) is 0. The molecule has 0 atom stereocenters. The van der Waals surface area contributed by atoms with Gasteiger partial charge in [-0.05, 0) is 71.8 Å². The second kappa shape index (κ2) is 9.47. The third kappa shape index (κ3) is 3.53. The Balaban J connectivity index is 1.12. The van der Waals surface area contributed by atoms with Gasteiger partial charge in [-0.25, -0.2) is 0 Å². The maximum atomic E-state index is 6.31. The van der Waals surface area contributed by atoms with Crippen molar-refractivity contribution in [2.45, 2.75) is 0 Å². The predicted octanol–water partition coefficient (Wildman–Crippen LogP) is 11.6. The van der Waals surface area contributed by atoms with Gasteiger partial charge in [0.05, 0.1) is 22.1 Å². The Labute approximate surface area is 273 Å². The van der Waals surface area contributed by atoms with E-state index in [1.54, 1.807) is 0 Å². The van der Waals surface area contributed by atoms with E-state index in [0.717, 1.165) is 82.7 Å². The van der Waals surface area contributed by atoms with Gasteiger partial charge in [0.2, 0.25) is 0 Å². The lowest BCUT2D eigenvalue weighted by Gasteiger charge is -2.09. The molecule has 0 radical (unpaired) electrons. The fourth-order valence-electron chi connectivity index (χ4n) is 7.60. The summed E-state index contributed by atoms with van der Waals surface area (Å²) < 4.78 is 17.1. The van der Waals surface area contributed by atoms with Crippen molar-refractivity contribution < 1.29 is 8.83 Å². The van der Waals surface area contributed by atoms with Crippen LogP contribution in [0.3, 0.4) is 0 Å². The van der Waals surface area contributed by atoms with Gasteiger partial charge in [-0.1, -0.05) is 84.9 Å². The first-order valence-corrected chi connectivity index (χ1v) is 16.1. The van der Waals surface area contributed by atoms with Crippen LogP contribution in [-0.2, 0) is 0 Å². The molecule has 4 aromatic heterocycles. The quantitative estimate of drug-likeness (QED) is 0.199. The van der Waals surface area contributed by atoms with E-state index in [4.69, 9.17) is 13.8 Å². The average Bonchev–Trinajstić information content (AvgIpc) is 3.89. The molecular weight excluding hydrogens is 590 g/mol. The number of fused-ring (bicyclic) bond motifs is 10. The maximum absolute atomic E-state index is 6.31. The Morgan fingerprint density at radius 3 is 1.83 bits per heavy atom. The summed E-state index contributed by atoms with van der Waals surface area (Å²) in [5.74, 6) is 0. The number of benzene rings is 7. The molecule has 7 aromatic carbocycles. The minimum absolute atomic E-state index is 0.572. The third-order valence-corrected chi connectivity index (χ3v) is 9.77. The van der Waals surface area contributed by atoms with E-state index in [2.05, 4.69) is 124 Å². The Kier molecular flexibility index (Phi) is 5.05. The second-order valence-corrected chi connectivity index (χ2v) is 12.4. The topological polar surface area (TPSA) is 49.0 Å². The highest BCUT2D eigenvalue weighted by Crippen LogP contribution is 2.39. The Morgan fingerprint density at radius 1 is 0.375 bits per heavy atom. The minimum atomic E-state index is 0.572. The summed E-state index contributed by atoms with van der Waals surface area (Å²) in [5, 5.41) is 7.01. The molecule has 0 amide bonds. The van der Waals surface area contributed by atoms with Gasteiger partial charge < -0.3 is 13.4 Å². The first-order chi connectivity index (χ1) is 23.8. The highest BCUT2D eigenvalue weighted by Gasteiger charge is 2.19. The fraction of sp³-hybridized carbons (Fsp3) is 0. The Bertz CT molecular complexity index is 3050. The van der Waals surface area contributed by atoms with E-state index in [1.807, 2.05) is 36.4 Å². The largest absolute Gasteiger partial charge is 0.456 e. The zero-order valence-electron chi connectivity index (χ0n) is 25.6. The van der Waals surface area contributed by atoms with Gasteiger partial charge in [-0.2, -0.15) is 4.98 Å². The van der Waals surface area contributed by atoms with Crippen molar-refractivity contribution in [3.05, 3.63) is 152 Å². The lowest BCUT2D eigenvalue weighted by Crippen LogP contribution is -1.94. The molecule has 5 heteroatoms. The third-order valence-electron chi connectivity index (χ3n) is 9.77. The van der Waals surface area contributed by atoms with Crippen molar-refractivity contribution in [2.24, 2.45) is 0 Å². The van der Waals surface area contributed by atoms with E-state index in [9.17, 15) is 0 Å². The van der Waals surface area contributed by atoms with Gasteiger partial charge in [0.15, 0.2) is 5.58 Å². The van der Waals surface area contributed by atoms with Crippen LogP contribution in [-0.4, -0.2) is 14.1 Å². The molecule has 5 nitrogen and oxygen atoms in total. The monoisotopic (exact) mass is 615 g/mol. The Hall–Kier alpha value is -6.59. The molecule has 0 aliphatic carbocycles. The van der Waals surface area contributed by atoms with Gasteiger partial charge in [-0.15, -0.1) is 0 Å². The summed E-state index contributed by atoms with van der Waals surface area (Å²) in [6, 6.07) is 53.9. The zero-order valence-corrected chi connectivity index (χ0v) is 25.6. The molecule has 0 aliphatic heterocycles. The second-order valence-electron chi connectivity index (χ2n) is 12.4. The summed E-state index contributed by atoms with van der Waals surface area (Å²) in [6.45, 7) is 0. The Morgan fingerprint density at radius 2 is 0.979 bits per heavy atom. The smallest absolute Gasteiger partial charge is 0.307 e. The molecule has 0 N–H and O–H groups in total. The molecule has 0 bridgehead atoms. The molecular formula is C43H25N3O2. The average molecular weight is 616 g/mol. The maximum Gasteiger partial charge on any atom is 0.307 e. The number of furan rings is 1. The minimum Gasteiger partial charge on any atom is -0.456 e. The molecule has 224 valence electrons. The molecule has 48 heavy (non-hydrogen) atoms. The molecule has 0 aliphatic rings. The normalized spacial score (nSPS) is 12.2. The molecule has 11 aromatic rings. The number of rotatable bonds is 3. The van der Waals surface area contributed by atoms with Crippen molar-refractivity contribution in [3.63, 3.8) is 0 Å². The van der Waals surface area contributed by atoms with Crippen LogP contribution in [0.4, 0.5) is 0 Å². The highest BCUT2D eigenvalue weighted by atomic mass is 16.4. The number of oxazole rings is 1. The number of hydrogen-bond acceptors (Lipinski definition) is 3. The van der Waals surface area contributed by atoms with Crippen molar-refractivity contribution in [1.82, 2.24) is 14.1 Å². The van der Waals surface area contributed by atoms with Gasteiger partial charge in [0, 0.05) is 44.1 Å². The fourth-order valence-corrected chi connectivity index (χ4v) is 7.60. The van der Waals surface area contributed by atoms with Crippen LogP contribution in [0.5, 0.6) is 0 Å². The zero-order chi connectivity index (χ0) is 31.3. The van der Waals surface area contributed by atoms with Crippen LogP contribution in [0.2, 0.25) is 0 Å². The van der Waals surface area contributed by atoms with E-state index < -0.39 is 0 Å². The van der Waals surface area contributed by atoms with Crippen LogP contribution in [0, 0.1) is 0 Å². The van der Waals surface area contributed by atoms with Gasteiger partial charge in [0.1, 0.15) is 16.7 Å². The van der Waals surface area contributed by atoms with E-state index >= 15 is 0 Å². The molecule has 4 heterocycles. The SMILES string of the molecule is c1ccc2oc(-n3c4ccccc4c4cc(-c5ccc6c7ccccc7n(-c7ccc8c(c7)oc7ccccc78)c6c5)ccc43)nc2c1. The van der Waals surface area contributed by atoms with E-state index in [-0.39, 0.29) is 0 Å². The van der Waals surface area contributed by atoms with Crippen LogP contribution in [0.15, 0.2) is 160 Å². The van der Waals surface area contributed by atoms with Crippen molar-refractivity contribution in [3.8, 4) is 22.8 Å². The molecule has 0 saturated heterocycles. The summed E-state index contributed by atoms with van der Waals surface area (Å²) >= 11 is 0. The summed E-state index contributed by atoms with van der Waals surface area (Å²) in [6.07, 6.45) is 0. The van der Waals surface area contributed by atoms with Gasteiger partial charge in [-0.3, -0.25) is 4.57 Å². The lowest BCUT2D eigenvalue weighted by molar-refractivity contribution is 0.574. The molecule has 0 spiro atoms. The van der Waals surface area contributed by atoms with Crippen molar-refractivity contribution >= 4 is 76.6 Å². The standard InChI is InChI=1S/C43H25N3O2/c1-5-13-36-29(9-1)31-20-17-27(24-39(31)45(36)28-19-21-33-32-11-3-7-15-40(32)47-42(33)25-28)26-18-22-38-34(23-26)30-10-2-6-14-37(30)46(38)43-44-35-12-4-8-16-41(35)48-43/h1-25H. The highest BCUT2D eigenvalue weighted by molar-refractivity contribution is 6.13. The number of nitrogens with zero attached hydrogens (tertiary/aromatic N) is 3. The number of hydrogen-bond donors (Lipinski definition) is 0. The van der Waals surface area contributed by atoms with Gasteiger partial charge in [0.25, 0.3) is 0 Å². The molecule has 0 fully saturated rings. The van der Waals surface area contributed by atoms with E-state index in [0.29, 0.717) is 6.01 Å². The van der Waals surface area contributed by atoms with Crippen LogP contribution in [0.25, 0.3) is 99.5 Å². The first-order valence-electron chi connectivity index (χ1n) is 16.1. The summed E-state index contributed by atoms with van der Waals surface area (Å²) in [4.78, 5) is 4.85. The van der Waals surface area contributed by atoms with Crippen LogP contribution < -0.4 is 0 Å². The number of aromatic nitrogens is 3.